The molecule has 0 unspecified atom stereocenters. The van der Waals surface area contributed by atoms with Crippen LogP contribution < -0.4 is 0 Å². The highest BCUT2D eigenvalue weighted by Crippen LogP contribution is 2.36. The Kier molecular flexibility index (Phi) is 3.51. The monoisotopic (exact) mass is 262 g/mol. The summed E-state index contributed by atoms with van der Waals surface area (Å²) < 4.78 is 18.2. The molecule has 0 saturated heterocycles. The van der Waals surface area contributed by atoms with Crippen LogP contribution in [-0.4, -0.2) is 17.9 Å². The zero-order valence-corrected chi connectivity index (χ0v) is 10.9. The lowest BCUT2D eigenvalue weighted by molar-refractivity contribution is -0.153. The molecule has 0 fully saturated rings. The van der Waals surface area contributed by atoms with E-state index in [0.29, 0.717) is 5.56 Å². The Morgan fingerprint density at radius 1 is 1.32 bits per heavy atom. The SMILES string of the molecule is CC(C)OC(=O)[C@@]1(c2ccc(F)cc2)C=CC(=O)C1. The number of hydrogen-bond acceptors (Lipinski definition) is 3. The highest BCUT2D eigenvalue weighted by Gasteiger charge is 2.44. The molecule has 100 valence electrons. The van der Waals surface area contributed by atoms with Gasteiger partial charge in [0.25, 0.3) is 0 Å². The van der Waals surface area contributed by atoms with E-state index in [0.717, 1.165) is 0 Å². The molecule has 1 aliphatic carbocycles. The maximum Gasteiger partial charge on any atom is 0.321 e. The normalized spacial score (nSPS) is 22.0. The number of ketones is 1. The van der Waals surface area contributed by atoms with E-state index in [4.69, 9.17) is 4.74 Å². The number of carbonyl (C=O) groups is 2. The number of halogens is 1. The van der Waals surface area contributed by atoms with Gasteiger partial charge in [0, 0.05) is 6.42 Å². The summed E-state index contributed by atoms with van der Waals surface area (Å²) in [6.45, 7) is 3.49. The summed E-state index contributed by atoms with van der Waals surface area (Å²) in [5, 5.41) is 0. The van der Waals surface area contributed by atoms with Crippen LogP contribution in [0.25, 0.3) is 0 Å². The van der Waals surface area contributed by atoms with Gasteiger partial charge in [0.05, 0.1) is 6.10 Å². The molecule has 2 rings (SSSR count). The zero-order valence-electron chi connectivity index (χ0n) is 10.9. The maximum atomic E-state index is 13.0. The minimum Gasteiger partial charge on any atom is -0.462 e. The summed E-state index contributed by atoms with van der Waals surface area (Å²) in [5.41, 5.74) is -0.545. The van der Waals surface area contributed by atoms with Crippen molar-refractivity contribution in [3.63, 3.8) is 0 Å². The van der Waals surface area contributed by atoms with Crippen LogP contribution in [0.2, 0.25) is 0 Å². The van der Waals surface area contributed by atoms with E-state index < -0.39 is 11.4 Å². The van der Waals surface area contributed by atoms with E-state index in [2.05, 4.69) is 0 Å². The van der Waals surface area contributed by atoms with Crippen LogP contribution in [0.3, 0.4) is 0 Å². The second-order valence-electron chi connectivity index (χ2n) is 4.91. The van der Waals surface area contributed by atoms with Crippen LogP contribution in [0, 0.1) is 5.82 Å². The van der Waals surface area contributed by atoms with Crippen LogP contribution >= 0.6 is 0 Å². The van der Waals surface area contributed by atoms with Crippen molar-refractivity contribution in [2.75, 3.05) is 0 Å². The van der Waals surface area contributed by atoms with Gasteiger partial charge in [-0.05, 0) is 37.6 Å². The quantitative estimate of drug-likeness (QED) is 0.786. The predicted molar refractivity (Wildman–Crippen MR) is 68.1 cm³/mol. The van der Waals surface area contributed by atoms with Crippen molar-refractivity contribution in [3.05, 3.63) is 47.8 Å². The summed E-state index contributed by atoms with van der Waals surface area (Å²) in [5.74, 6) is -0.995. The number of benzene rings is 1. The second-order valence-corrected chi connectivity index (χ2v) is 4.91. The van der Waals surface area contributed by atoms with Crippen molar-refractivity contribution < 1.29 is 18.7 Å². The highest BCUT2D eigenvalue weighted by atomic mass is 19.1. The first-order valence-corrected chi connectivity index (χ1v) is 6.13. The smallest absolute Gasteiger partial charge is 0.321 e. The molecule has 1 aromatic rings. The Hall–Kier alpha value is -1.97. The molecule has 0 amide bonds. The van der Waals surface area contributed by atoms with Crippen LogP contribution in [0.1, 0.15) is 25.8 Å². The Morgan fingerprint density at radius 3 is 2.42 bits per heavy atom. The molecule has 0 heterocycles. The minimum absolute atomic E-state index is 0.0319. The average molecular weight is 262 g/mol. The third-order valence-corrected chi connectivity index (χ3v) is 3.07. The van der Waals surface area contributed by atoms with Gasteiger partial charge in [-0.1, -0.05) is 18.2 Å². The van der Waals surface area contributed by atoms with Gasteiger partial charge in [-0.15, -0.1) is 0 Å². The van der Waals surface area contributed by atoms with Crippen LogP contribution in [0.5, 0.6) is 0 Å². The van der Waals surface area contributed by atoms with Crippen molar-refractivity contribution >= 4 is 11.8 Å². The lowest BCUT2D eigenvalue weighted by atomic mass is 9.80. The number of ether oxygens (including phenoxy) is 1. The lowest BCUT2D eigenvalue weighted by Crippen LogP contribution is -2.36. The highest BCUT2D eigenvalue weighted by molar-refractivity contribution is 6.02. The first kappa shape index (κ1) is 13.5. The fourth-order valence-electron chi connectivity index (χ4n) is 2.15. The van der Waals surface area contributed by atoms with Gasteiger partial charge in [-0.3, -0.25) is 9.59 Å². The van der Waals surface area contributed by atoms with E-state index in [-0.39, 0.29) is 24.1 Å². The van der Waals surface area contributed by atoms with E-state index in [1.165, 1.54) is 30.3 Å². The predicted octanol–water partition coefficient (Wildman–Crippen LogP) is 2.54. The first-order valence-electron chi connectivity index (χ1n) is 6.13. The number of hydrogen-bond donors (Lipinski definition) is 0. The summed E-state index contributed by atoms with van der Waals surface area (Å²) >= 11 is 0. The lowest BCUT2D eigenvalue weighted by Gasteiger charge is -2.26. The molecule has 0 spiro atoms. The fourth-order valence-corrected chi connectivity index (χ4v) is 2.15. The van der Waals surface area contributed by atoms with E-state index >= 15 is 0 Å². The molecule has 0 aromatic heterocycles. The summed E-state index contributed by atoms with van der Waals surface area (Å²) in [6.07, 6.45) is 2.69. The Morgan fingerprint density at radius 2 is 1.95 bits per heavy atom. The molecule has 3 nitrogen and oxygen atoms in total. The molecule has 1 aliphatic rings. The Balaban J connectivity index is 2.41. The number of allylic oxidation sites excluding steroid dienone is 1. The molecular formula is C15H15FO3. The molecule has 0 N–H and O–H groups in total. The molecule has 0 bridgehead atoms. The molecule has 0 radical (unpaired) electrons. The van der Waals surface area contributed by atoms with Crippen LogP contribution in [0.15, 0.2) is 36.4 Å². The standard InChI is InChI=1S/C15H15FO3/c1-10(2)19-14(18)15(8-7-13(17)9-15)11-3-5-12(16)6-4-11/h3-8,10H,9H2,1-2H3/t15-/m0/s1. The van der Waals surface area contributed by atoms with E-state index in [1.807, 2.05) is 0 Å². The van der Waals surface area contributed by atoms with Crippen LogP contribution in [0.4, 0.5) is 4.39 Å². The summed E-state index contributed by atoms with van der Waals surface area (Å²) in [6, 6.07) is 5.58. The summed E-state index contributed by atoms with van der Waals surface area (Å²) in [7, 11) is 0. The summed E-state index contributed by atoms with van der Waals surface area (Å²) in [4.78, 5) is 23.8. The van der Waals surface area contributed by atoms with Gasteiger partial charge >= 0.3 is 5.97 Å². The van der Waals surface area contributed by atoms with Crippen LogP contribution in [-0.2, 0) is 19.7 Å². The van der Waals surface area contributed by atoms with Crippen molar-refractivity contribution in [2.24, 2.45) is 0 Å². The molecule has 19 heavy (non-hydrogen) atoms. The molecule has 1 atom stereocenters. The van der Waals surface area contributed by atoms with Gasteiger partial charge in [-0.25, -0.2) is 4.39 Å². The van der Waals surface area contributed by atoms with Gasteiger partial charge in [0.2, 0.25) is 0 Å². The number of esters is 1. The van der Waals surface area contributed by atoms with Crippen molar-refractivity contribution in [1.82, 2.24) is 0 Å². The molecule has 4 heteroatoms. The van der Waals surface area contributed by atoms with Gasteiger partial charge < -0.3 is 4.74 Å². The average Bonchev–Trinajstić information content (AvgIpc) is 2.73. The van der Waals surface area contributed by atoms with E-state index in [9.17, 15) is 14.0 Å². The number of carbonyl (C=O) groups excluding carboxylic acids is 2. The minimum atomic E-state index is -1.12. The molecule has 1 aromatic carbocycles. The van der Waals surface area contributed by atoms with Crippen molar-refractivity contribution in [1.29, 1.82) is 0 Å². The maximum absolute atomic E-state index is 13.0. The third kappa shape index (κ3) is 2.57. The molecular weight excluding hydrogens is 247 g/mol. The van der Waals surface area contributed by atoms with Gasteiger partial charge in [0.1, 0.15) is 11.2 Å². The third-order valence-electron chi connectivity index (χ3n) is 3.07. The molecule has 0 saturated carbocycles. The second kappa shape index (κ2) is 4.96. The number of rotatable bonds is 3. The zero-order chi connectivity index (χ0) is 14.0. The van der Waals surface area contributed by atoms with Gasteiger partial charge in [0.15, 0.2) is 5.78 Å². The van der Waals surface area contributed by atoms with Crippen molar-refractivity contribution in [2.45, 2.75) is 31.8 Å². The largest absolute Gasteiger partial charge is 0.462 e. The Labute approximate surface area is 111 Å². The topological polar surface area (TPSA) is 43.4 Å². The fraction of sp³-hybridized carbons (Fsp3) is 0.333. The van der Waals surface area contributed by atoms with Crippen molar-refractivity contribution in [3.8, 4) is 0 Å². The first-order chi connectivity index (χ1) is 8.94. The molecule has 0 aliphatic heterocycles. The van der Waals surface area contributed by atoms with Gasteiger partial charge in [-0.2, -0.15) is 0 Å². The van der Waals surface area contributed by atoms with E-state index in [1.54, 1.807) is 19.9 Å². The Bertz CT molecular complexity index is 531.